The monoisotopic (exact) mass is 439 g/mol. The van der Waals surface area contributed by atoms with Crippen LogP contribution in [-0.4, -0.2) is 42.6 Å². The highest BCUT2D eigenvalue weighted by molar-refractivity contribution is 7.71. The first kappa shape index (κ1) is 20.1. The lowest BCUT2D eigenvalue weighted by atomic mass is 10.1. The summed E-state index contributed by atoms with van der Waals surface area (Å²) in [4.78, 5) is 4.29. The second kappa shape index (κ2) is 8.36. The van der Waals surface area contributed by atoms with Crippen LogP contribution in [0.1, 0.15) is 23.1 Å². The van der Waals surface area contributed by atoms with Crippen molar-refractivity contribution in [2.24, 2.45) is 0 Å². The van der Waals surface area contributed by atoms with Gasteiger partial charge in [0.2, 0.25) is 6.10 Å². The molecule has 0 unspecified atom stereocenters. The number of fused-ring (bicyclic) bond motifs is 1. The van der Waals surface area contributed by atoms with Crippen molar-refractivity contribution in [3.8, 4) is 11.5 Å². The van der Waals surface area contributed by atoms with Crippen molar-refractivity contribution in [3.05, 3.63) is 64.3 Å². The number of rotatable bonds is 4. The zero-order chi connectivity index (χ0) is 21.4. The third kappa shape index (κ3) is 4.05. The van der Waals surface area contributed by atoms with Gasteiger partial charge in [0.1, 0.15) is 6.61 Å². The van der Waals surface area contributed by atoms with Crippen molar-refractivity contribution >= 4 is 17.9 Å². The fraction of sp³-hybridized carbons (Fsp3) is 0.391. The Bertz CT molecular complexity index is 1130. The first-order valence-corrected chi connectivity index (χ1v) is 11.1. The second-order valence-electron chi connectivity index (χ2n) is 8.18. The third-order valence-corrected chi connectivity index (χ3v) is 6.46. The number of nitrogens with one attached hydrogen (secondary N) is 1. The van der Waals surface area contributed by atoms with Crippen LogP contribution in [0, 0.1) is 18.7 Å². The van der Waals surface area contributed by atoms with E-state index in [-0.39, 0.29) is 0 Å². The van der Waals surface area contributed by atoms with Crippen molar-refractivity contribution in [2.45, 2.75) is 26.6 Å². The number of aryl methyl sites for hydroxylation is 1. The van der Waals surface area contributed by atoms with E-state index in [2.05, 4.69) is 42.0 Å². The van der Waals surface area contributed by atoms with Gasteiger partial charge >= 0.3 is 0 Å². The van der Waals surface area contributed by atoms with Crippen LogP contribution in [0.15, 0.2) is 46.9 Å². The Morgan fingerprint density at radius 1 is 1.06 bits per heavy atom. The van der Waals surface area contributed by atoms with Crippen LogP contribution in [0.25, 0.3) is 0 Å². The maximum atomic E-state index is 6.01. The van der Waals surface area contributed by atoms with Crippen LogP contribution in [0.4, 0.5) is 5.69 Å². The number of hydrogen-bond donors (Lipinski definition) is 1. The molecule has 1 saturated heterocycles. The molecule has 162 valence electrons. The largest absolute Gasteiger partial charge is 0.485 e. The highest BCUT2D eigenvalue weighted by atomic mass is 32.1. The van der Waals surface area contributed by atoms with Crippen LogP contribution in [0.5, 0.6) is 11.5 Å². The molecule has 0 aliphatic carbocycles. The number of piperazine rings is 1. The average Bonchev–Trinajstić information content (AvgIpc) is 3.16. The summed E-state index contributed by atoms with van der Waals surface area (Å²) < 4.78 is 19.3. The van der Waals surface area contributed by atoms with Gasteiger partial charge in [-0.3, -0.25) is 0 Å². The van der Waals surface area contributed by atoms with Crippen LogP contribution in [-0.2, 0) is 6.67 Å². The Kier molecular flexibility index (Phi) is 5.41. The third-order valence-electron chi connectivity index (χ3n) is 6.17. The van der Waals surface area contributed by atoms with E-state index in [0.29, 0.717) is 29.8 Å². The van der Waals surface area contributed by atoms with E-state index in [0.717, 1.165) is 31.9 Å². The zero-order valence-corrected chi connectivity index (χ0v) is 18.7. The van der Waals surface area contributed by atoms with E-state index in [4.69, 9.17) is 26.1 Å². The molecule has 2 aliphatic heterocycles. The molecule has 0 radical (unpaired) electrons. The lowest BCUT2D eigenvalue weighted by molar-refractivity contribution is -0.924. The van der Waals surface area contributed by atoms with E-state index in [1.807, 2.05) is 24.3 Å². The molecule has 1 atom stereocenters. The normalized spacial score (nSPS) is 18.9. The van der Waals surface area contributed by atoms with Gasteiger partial charge in [-0.15, -0.1) is 5.10 Å². The van der Waals surface area contributed by atoms with E-state index < -0.39 is 6.10 Å². The van der Waals surface area contributed by atoms with Crippen molar-refractivity contribution < 1.29 is 18.8 Å². The molecule has 3 heterocycles. The van der Waals surface area contributed by atoms with Crippen LogP contribution < -0.4 is 19.3 Å². The SMILES string of the molecule is Cc1cccc(N2CC[NH+](Cn3nc([C@@H]4COc5ccccc5O4)oc3=S)CC2)c1C. The number of ether oxygens (including phenoxy) is 2. The number of aromatic nitrogens is 2. The first-order chi connectivity index (χ1) is 15.1. The summed E-state index contributed by atoms with van der Waals surface area (Å²) in [5, 5.41) is 4.61. The summed E-state index contributed by atoms with van der Waals surface area (Å²) in [7, 11) is 0. The molecule has 3 aromatic rings. The molecule has 2 aliphatic rings. The van der Waals surface area contributed by atoms with Gasteiger partial charge in [-0.05, 0) is 55.4 Å². The molecule has 0 bridgehead atoms. The molecule has 7 nitrogen and oxygen atoms in total. The van der Waals surface area contributed by atoms with Gasteiger partial charge in [-0.2, -0.15) is 4.68 Å². The molecule has 1 fully saturated rings. The molecule has 31 heavy (non-hydrogen) atoms. The van der Waals surface area contributed by atoms with Gasteiger partial charge in [-0.1, -0.05) is 24.3 Å². The number of para-hydroxylation sites is 2. The number of anilines is 1. The van der Waals surface area contributed by atoms with Crippen LogP contribution >= 0.6 is 12.2 Å². The number of benzene rings is 2. The highest BCUT2D eigenvalue weighted by Gasteiger charge is 2.28. The van der Waals surface area contributed by atoms with Gasteiger partial charge in [0.25, 0.3) is 10.7 Å². The number of quaternary nitrogens is 1. The lowest BCUT2D eigenvalue weighted by Gasteiger charge is -2.34. The standard InChI is InChI=1S/C23H26N4O3S/c1-16-6-5-7-18(17(16)2)26-12-10-25(11-13-26)15-27-23(31)30-22(24-27)21-14-28-19-8-3-4-9-20(19)29-21/h3-9,21H,10-15H2,1-2H3/p+1/t21-/m0/s1. The Morgan fingerprint density at radius 3 is 2.65 bits per heavy atom. The van der Waals surface area contributed by atoms with E-state index in [1.165, 1.54) is 21.7 Å². The van der Waals surface area contributed by atoms with Crippen molar-refractivity contribution in [1.82, 2.24) is 9.78 Å². The predicted octanol–water partition coefficient (Wildman–Crippen LogP) is 2.70. The van der Waals surface area contributed by atoms with Gasteiger partial charge in [-0.25, -0.2) is 0 Å². The Labute approximate surface area is 186 Å². The Hall–Kier alpha value is -2.84. The summed E-state index contributed by atoms with van der Waals surface area (Å²) in [5.41, 5.74) is 4.05. The van der Waals surface area contributed by atoms with Crippen molar-refractivity contribution in [1.29, 1.82) is 0 Å². The summed E-state index contributed by atoms with van der Waals surface area (Å²) >= 11 is 5.43. The van der Waals surface area contributed by atoms with E-state index in [9.17, 15) is 0 Å². The fourth-order valence-corrected chi connectivity index (χ4v) is 4.40. The van der Waals surface area contributed by atoms with Gasteiger partial charge < -0.3 is 23.7 Å². The Morgan fingerprint density at radius 2 is 1.84 bits per heavy atom. The molecule has 0 spiro atoms. The van der Waals surface area contributed by atoms with Crippen LogP contribution in [0.2, 0.25) is 0 Å². The molecule has 8 heteroatoms. The maximum Gasteiger partial charge on any atom is 0.292 e. The molecule has 0 amide bonds. The van der Waals surface area contributed by atoms with Crippen molar-refractivity contribution in [2.75, 3.05) is 37.7 Å². The predicted molar refractivity (Wildman–Crippen MR) is 119 cm³/mol. The highest BCUT2D eigenvalue weighted by Crippen LogP contribution is 2.35. The van der Waals surface area contributed by atoms with Crippen molar-refractivity contribution in [3.63, 3.8) is 0 Å². The number of hydrogen-bond acceptors (Lipinski definition) is 6. The summed E-state index contributed by atoms with van der Waals surface area (Å²) in [6.45, 7) is 9.48. The minimum Gasteiger partial charge on any atom is -0.485 e. The topological polar surface area (TPSA) is 57.1 Å². The van der Waals surface area contributed by atoms with Gasteiger partial charge in [0.15, 0.2) is 18.2 Å². The minimum atomic E-state index is -0.394. The summed E-state index contributed by atoms with van der Waals surface area (Å²) in [5.74, 6) is 1.90. The molecular weight excluding hydrogens is 412 g/mol. The molecule has 1 N–H and O–H groups in total. The molecule has 2 aromatic carbocycles. The van der Waals surface area contributed by atoms with E-state index >= 15 is 0 Å². The summed E-state index contributed by atoms with van der Waals surface area (Å²) in [6.07, 6.45) is -0.394. The number of nitrogens with zero attached hydrogens (tertiary/aromatic N) is 3. The maximum absolute atomic E-state index is 6.01. The lowest BCUT2D eigenvalue weighted by Crippen LogP contribution is -3.14. The smallest absolute Gasteiger partial charge is 0.292 e. The molecular formula is C23H27N4O3S+. The van der Waals surface area contributed by atoms with E-state index in [1.54, 1.807) is 4.68 Å². The quantitative estimate of drug-likeness (QED) is 0.631. The molecule has 1 aromatic heterocycles. The van der Waals surface area contributed by atoms with Gasteiger partial charge in [0, 0.05) is 5.69 Å². The molecule has 5 rings (SSSR count). The minimum absolute atomic E-state index is 0.355. The average molecular weight is 440 g/mol. The van der Waals surface area contributed by atoms with Crippen LogP contribution in [0.3, 0.4) is 0 Å². The summed E-state index contributed by atoms with van der Waals surface area (Å²) in [6, 6.07) is 14.1. The second-order valence-corrected chi connectivity index (χ2v) is 8.53. The zero-order valence-electron chi connectivity index (χ0n) is 17.8. The molecule has 0 saturated carbocycles. The fourth-order valence-electron chi connectivity index (χ4n) is 4.21. The first-order valence-electron chi connectivity index (χ1n) is 10.7. The Balaban J connectivity index is 1.23. The van der Waals surface area contributed by atoms with Gasteiger partial charge in [0.05, 0.1) is 26.2 Å².